The van der Waals surface area contributed by atoms with E-state index >= 15 is 0 Å². The normalized spacial score (nSPS) is 32.6. The van der Waals surface area contributed by atoms with Crippen LogP contribution in [0.4, 0.5) is 0 Å². The van der Waals surface area contributed by atoms with Gasteiger partial charge in [0.25, 0.3) is 0 Å². The number of piperidine rings is 1. The van der Waals surface area contributed by atoms with Gasteiger partial charge in [0.05, 0.1) is 0 Å². The van der Waals surface area contributed by atoms with E-state index in [0.717, 1.165) is 32.5 Å². The van der Waals surface area contributed by atoms with E-state index in [-0.39, 0.29) is 0 Å². The van der Waals surface area contributed by atoms with E-state index in [1.165, 1.54) is 25.7 Å². The number of rotatable bonds is 2. The molecule has 2 unspecified atom stereocenters. The lowest BCUT2D eigenvalue weighted by atomic mass is 10.0. The molecule has 2 fully saturated rings. The lowest BCUT2D eigenvalue weighted by Gasteiger charge is -2.30. The van der Waals surface area contributed by atoms with Crippen LogP contribution in [0.1, 0.15) is 45.4 Å². The summed E-state index contributed by atoms with van der Waals surface area (Å²) in [6.07, 6.45) is 6.86. The summed E-state index contributed by atoms with van der Waals surface area (Å²) in [7, 11) is 0. The average Bonchev–Trinajstić information content (AvgIpc) is 2.46. The van der Waals surface area contributed by atoms with Crippen LogP contribution in [-0.4, -0.2) is 36.5 Å². The zero-order valence-electron chi connectivity index (χ0n) is 10.4. The summed E-state index contributed by atoms with van der Waals surface area (Å²) in [5.74, 6) is 1.09. The Labute approximate surface area is 98.6 Å². The van der Waals surface area contributed by atoms with Gasteiger partial charge in [-0.3, -0.25) is 4.79 Å². The van der Waals surface area contributed by atoms with Crippen LogP contribution >= 0.6 is 0 Å². The summed E-state index contributed by atoms with van der Waals surface area (Å²) in [5.41, 5.74) is 0. The third kappa shape index (κ3) is 3.21. The molecule has 2 rings (SSSR count). The second-order valence-electron chi connectivity index (χ2n) is 5.42. The van der Waals surface area contributed by atoms with Gasteiger partial charge in [0.2, 0.25) is 5.91 Å². The first-order chi connectivity index (χ1) is 7.75. The second-order valence-corrected chi connectivity index (χ2v) is 5.42. The van der Waals surface area contributed by atoms with E-state index in [2.05, 4.69) is 17.1 Å². The third-order valence-corrected chi connectivity index (χ3v) is 3.95. The van der Waals surface area contributed by atoms with Gasteiger partial charge >= 0.3 is 0 Å². The van der Waals surface area contributed by atoms with Gasteiger partial charge in [-0.25, -0.2) is 0 Å². The summed E-state index contributed by atoms with van der Waals surface area (Å²) in [6.45, 7) is 5.29. The van der Waals surface area contributed by atoms with Crippen molar-refractivity contribution in [3.63, 3.8) is 0 Å². The van der Waals surface area contributed by atoms with Gasteiger partial charge in [-0.1, -0.05) is 13.3 Å². The van der Waals surface area contributed by atoms with Crippen molar-refractivity contribution in [2.45, 2.75) is 51.5 Å². The van der Waals surface area contributed by atoms with Crippen LogP contribution in [0.25, 0.3) is 0 Å². The molecule has 2 heterocycles. The molecule has 0 aromatic heterocycles. The molecule has 0 aliphatic carbocycles. The molecule has 3 heteroatoms. The fourth-order valence-corrected chi connectivity index (χ4v) is 2.71. The first-order valence-electron chi connectivity index (χ1n) is 6.77. The highest BCUT2D eigenvalue weighted by atomic mass is 16.2. The lowest BCUT2D eigenvalue weighted by Crippen LogP contribution is -2.45. The Balaban J connectivity index is 1.84. The Hall–Kier alpha value is -0.570. The number of hydrogen-bond donors (Lipinski definition) is 1. The number of likely N-dealkylation sites (tertiary alicyclic amines) is 1. The van der Waals surface area contributed by atoms with E-state index in [0.29, 0.717) is 17.9 Å². The molecule has 2 atom stereocenters. The van der Waals surface area contributed by atoms with Crippen molar-refractivity contribution in [2.24, 2.45) is 5.92 Å². The molecule has 1 N–H and O–H groups in total. The number of carbonyl (C=O) groups is 1. The van der Waals surface area contributed by atoms with Gasteiger partial charge in [-0.2, -0.15) is 0 Å². The molecule has 1 amide bonds. The maximum absolute atomic E-state index is 11.9. The van der Waals surface area contributed by atoms with Crippen molar-refractivity contribution >= 4 is 5.91 Å². The molecule has 2 aliphatic heterocycles. The van der Waals surface area contributed by atoms with Crippen molar-refractivity contribution in [3.05, 3.63) is 0 Å². The van der Waals surface area contributed by atoms with Gasteiger partial charge in [0.1, 0.15) is 0 Å². The fraction of sp³-hybridized carbons (Fsp3) is 0.923. The highest BCUT2D eigenvalue weighted by Crippen LogP contribution is 2.18. The van der Waals surface area contributed by atoms with Crippen molar-refractivity contribution in [1.29, 1.82) is 0 Å². The van der Waals surface area contributed by atoms with Gasteiger partial charge in [0, 0.05) is 25.6 Å². The number of nitrogens with one attached hydrogen (secondary N) is 1. The number of hydrogen-bond acceptors (Lipinski definition) is 2. The lowest BCUT2D eigenvalue weighted by molar-refractivity contribution is -0.131. The molecule has 16 heavy (non-hydrogen) atoms. The molecule has 0 spiro atoms. The Bertz CT molecular complexity index is 236. The maximum Gasteiger partial charge on any atom is 0.222 e. The Morgan fingerprint density at radius 3 is 2.94 bits per heavy atom. The Morgan fingerprint density at radius 2 is 2.19 bits per heavy atom. The molecule has 2 aliphatic rings. The largest absolute Gasteiger partial charge is 0.341 e. The summed E-state index contributed by atoms with van der Waals surface area (Å²) in [6, 6.07) is 0.547. The van der Waals surface area contributed by atoms with Crippen LogP contribution in [0.2, 0.25) is 0 Å². The zero-order valence-corrected chi connectivity index (χ0v) is 10.4. The fourth-order valence-electron chi connectivity index (χ4n) is 2.71. The van der Waals surface area contributed by atoms with E-state index < -0.39 is 0 Å². The van der Waals surface area contributed by atoms with Crippen molar-refractivity contribution < 1.29 is 4.79 Å². The highest BCUT2D eigenvalue weighted by molar-refractivity contribution is 5.76. The molecule has 0 aromatic rings. The molecule has 2 saturated heterocycles. The second kappa shape index (κ2) is 5.67. The van der Waals surface area contributed by atoms with E-state index in [1.54, 1.807) is 0 Å². The quantitative estimate of drug-likeness (QED) is 0.775. The van der Waals surface area contributed by atoms with E-state index in [1.807, 2.05) is 0 Å². The maximum atomic E-state index is 11.9. The Morgan fingerprint density at radius 1 is 1.31 bits per heavy atom. The summed E-state index contributed by atoms with van der Waals surface area (Å²) >= 11 is 0. The minimum Gasteiger partial charge on any atom is -0.341 e. The molecule has 3 nitrogen and oxygen atoms in total. The molecular formula is C13H24N2O. The minimum absolute atomic E-state index is 0.372. The average molecular weight is 224 g/mol. The monoisotopic (exact) mass is 224 g/mol. The predicted octanol–water partition coefficient (Wildman–Crippen LogP) is 1.78. The van der Waals surface area contributed by atoms with Gasteiger partial charge in [0.15, 0.2) is 0 Å². The van der Waals surface area contributed by atoms with Crippen LogP contribution in [0.15, 0.2) is 0 Å². The summed E-state index contributed by atoms with van der Waals surface area (Å²) in [4.78, 5) is 14.0. The topological polar surface area (TPSA) is 32.3 Å². The minimum atomic E-state index is 0.372. The summed E-state index contributed by atoms with van der Waals surface area (Å²) < 4.78 is 0. The molecular weight excluding hydrogens is 200 g/mol. The van der Waals surface area contributed by atoms with Crippen LogP contribution in [0, 0.1) is 5.92 Å². The Kier molecular flexibility index (Phi) is 4.22. The van der Waals surface area contributed by atoms with E-state index in [9.17, 15) is 4.79 Å². The van der Waals surface area contributed by atoms with Crippen LogP contribution in [0.3, 0.4) is 0 Å². The zero-order chi connectivity index (χ0) is 11.4. The van der Waals surface area contributed by atoms with Crippen molar-refractivity contribution in [2.75, 3.05) is 19.6 Å². The highest BCUT2D eigenvalue weighted by Gasteiger charge is 2.23. The van der Waals surface area contributed by atoms with Gasteiger partial charge in [-0.05, 0) is 38.1 Å². The van der Waals surface area contributed by atoms with Crippen LogP contribution < -0.4 is 5.32 Å². The standard InChI is InChI=1S/C13H24N2O/c1-11-5-6-13(16)15(9-7-11)10-12-4-2-3-8-14-12/h11-12,14H,2-10H2,1H3. The van der Waals surface area contributed by atoms with Crippen molar-refractivity contribution in [3.8, 4) is 0 Å². The predicted molar refractivity (Wildman–Crippen MR) is 65.2 cm³/mol. The SMILES string of the molecule is CC1CCC(=O)N(CC2CCCCN2)CC1. The molecule has 92 valence electrons. The molecule has 0 radical (unpaired) electrons. The smallest absolute Gasteiger partial charge is 0.222 e. The molecule has 0 saturated carbocycles. The van der Waals surface area contributed by atoms with Crippen molar-refractivity contribution in [1.82, 2.24) is 10.2 Å². The van der Waals surface area contributed by atoms with Gasteiger partial charge in [-0.15, -0.1) is 0 Å². The summed E-state index contributed by atoms with van der Waals surface area (Å²) in [5, 5.41) is 3.52. The first-order valence-corrected chi connectivity index (χ1v) is 6.77. The number of carbonyl (C=O) groups excluding carboxylic acids is 1. The van der Waals surface area contributed by atoms with E-state index in [4.69, 9.17) is 0 Å². The third-order valence-electron chi connectivity index (χ3n) is 3.95. The number of amides is 1. The molecule has 0 aromatic carbocycles. The molecule has 0 bridgehead atoms. The van der Waals surface area contributed by atoms with Gasteiger partial charge < -0.3 is 10.2 Å². The van der Waals surface area contributed by atoms with Crippen LogP contribution in [-0.2, 0) is 4.79 Å². The van der Waals surface area contributed by atoms with Crippen LogP contribution in [0.5, 0.6) is 0 Å². The first kappa shape index (κ1) is 11.9. The number of nitrogens with zero attached hydrogens (tertiary/aromatic N) is 1.